The van der Waals surface area contributed by atoms with E-state index in [9.17, 15) is 9.90 Å². The second-order valence-electron chi connectivity index (χ2n) is 11.3. The number of nitrogens with zero attached hydrogens (tertiary/aromatic N) is 2. The Labute approximate surface area is 236 Å². The van der Waals surface area contributed by atoms with E-state index in [0.29, 0.717) is 19.1 Å². The Bertz CT molecular complexity index is 1460. The molecule has 0 spiro atoms. The first-order valence-corrected chi connectivity index (χ1v) is 14.6. The van der Waals surface area contributed by atoms with Crippen molar-refractivity contribution in [2.24, 2.45) is 5.92 Å². The lowest BCUT2D eigenvalue weighted by Crippen LogP contribution is -2.47. The number of phenolic OH excluding ortho intramolecular Hbond substituents is 1. The fourth-order valence-electron chi connectivity index (χ4n) is 6.30. The fraction of sp³-hybridized carbons (Fsp3) is 0.382. The standard InChI is InChI=1S/C34H39N3O3/c1-40-19-5-18-36-22-27(31-8-2-3-9-33(31)36)23-37(28-12-13-28)34(39)32-21-35-17-16-30(32)26-7-4-6-25(20-26)24-10-14-29(38)15-11-24/h2-4,6-11,14-15,20,22,28,30,32,35,38H,5,12-13,16-19,21,23H2,1H3/t30-,32+/m1/s1. The minimum Gasteiger partial charge on any atom is -0.508 e. The average molecular weight is 538 g/mol. The number of aryl methyl sites for hydroxylation is 1. The molecule has 208 valence electrons. The second-order valence-corrected chi connectivity index (χ2v) is 11.3. The average Bonchev–Trinajstić information content (AvgIpc) is 3.78. The summed E-state index contributed by atoms with van der Waals surface area (Å²) in [4.78, 5) is 16.5. The summed E-state index contributed by atoms with van der Waals surface area (Å²) in [6.07, 6.45) is 6.31. The van der Waals surface area contributed by atoms with E-state index in [-0.39, 0.29) is 23.5 Å². The third kappa shape index (κ3) is 5.65. The molecule has 2 N–H and O–H groups in total. The predicted molar refractivity (Wildman–Crippen MR) is 159 cm³/mol. The zero-order valence-electron chi connectivity index (χ0n) is 23.3. The first kappa shape index (κ1) is 26.6. The van der Waals surface area contributed by atoms with Gasteiger partial charge in [0.1, 0.15) is 5.75 Å². The first-order chi connectivity index (χ1) is 19.6. The molecule has 3 aromatic carbocycles. The molecule has 2 atom stereocenters. The minimum atomic E-state index is -0.0977. The summed E-state index contributed by atoms with van der Waals surface area (Å²) in [7, 11) is 1.75. The number of carbonyl (C=O) groups excluding carboxylic acids is 1. The van der Waals surface area contributed by atoms with Gasteiger partial charge in [-0.2, -0.15) is 0 Å². The molecule has 1 saturated heterocycles. The van der Waals surface area contributed by atoms with Crippen molar-refractivity contribution in [2.75, 3.05) is 26.8 Å². The SMILES string of the molecule is COCCCn1cc(CN(C(=O)[C@H]2CNCC[C@@H]2c2cccc(-c3ccc(O)cc3)c2)C2CC2)c2ccccc21. The van der Waals surface area contributed by atoms with Gasteiger partial charge in [-0.25, -0.2) is 0 Å². The van der Waals surface area contributed by atoms with Crippen molar-refractivity contribution >= 4 is 16.8 Å². The van der Waals surface area contributed by atoms with Gasteiger partial charge in [0.05, 0.1) is 5.92 Å². The Morgan fingerprint density at radius 1 is 1.02 bits per heavy atom. The highest BCUT2D eigenvalue weighted by Crippen LogP contribution is 2.38. The van der Waals surface area contributed by atoms with Crippen LogP contribution in [-0.4, -0.2) is 53.3 Å². The van der Waals surface area contributed by atoms with E-state index in [2.05, 4.69) is 69.5 Å². The van der Waals surface area contributed by atoms with Crippen LogP contribution >= 0.6 is 0 Å². The number of fused-ring (bicyclic) bond motifs is 1. The summed E-state index contributed by atoms with van der Waals surface area (Å²) in [5, 5.41) is 14.5. The van der Waals surface area contributed by atoms with Crippen molar-refractivity contribution in [2.45, 2.75) is 50.7 Å². The van der Waals surface area contributed by atoms with Crippen molar-refractivity contribution in [3.63, 3.8) is 0 Å². The number of rotatable bonds is 10. The van der Waals surface area contributed by atoms with Crippen LogP contribution in [0.2, 0.25) is 0 Å². The Kier molecular flexibility index (Phi) is 7.89. The molecule has 2 heterocycles. The van der Waals surface area contributed by atoms with Crippen LogP contribution in [0.15, 0.2) is 79.0 Å². The number of hydrogen-bond acceptors (Lipinski definition) is 4. The Morgan fingerprint density at radius 2 is 1.85 bits per heavy atom. The van der Waals surface area contributed by atoms with E-state index in [1.807, 2.05) is 12.1 Å². The van der Waals surface area contributed by atoms with Crippen LogP contribution in [0, 0.1) is 5.92 Å². The molecule has 2 fully saturated rings. The third-order valence-corrected chi connectivity index (χ3v) is 8.54. The maximum atomic E-state index is 14.3. The van der Waals surface area contributed by atoms with Crippen LogP contribution in [0.1, 0.15) is 42.7 Å². The number of amides is 1. The van der Waals surface area contributed by atoms with Gasteiger partial charge in [0.2, 0.25) is 5.91 Å². The van der Waals surface area contributed by atoms with Gasteiger partial charge >= 0.3 is 0 Å². The fourth-order valence-corrected chi connectivity index (χ4v) is 6.30. The monoisotopic (exact) mass is 537 g/mol. The zero-order valence-corrected chi connectivity index (χ0v) is 23.3. The molecule has 6 rings (SSSR count). The molecule has 6 heteroatoms. The maximum Gasteiger partial charge on any atom is 0.228 e. The number of benzene rings is 3. The largest absolute Gasteiger partial charge is 0.508 e. The number of methoxy groups -OCH3 is 1. The van der Waals surface area contributed by atoms with Gasteiger partial charge in [-0.1, -0.05) is 54.6 Å². The lowest BCUT2D eigenvalue weighted by Gasteiger charge is -2.36. The predicted octanol–water partition coefficient (Wildman–Crippen LogP) is 5.93. The first-order valence-electron chi connectivity index (χ1n) is 14.6. The van der Waals surface area contributed by atoms with Crippen LogP contribution in [0.4, 0.5) is 0 Å². The molecule has 6 nitrogen and oxygen atoms in total. The molecular weight excluding hydrogens is 498 g/mol. The van der Waals surface area contributed by atoms with Crippen LogP contribution in [0.5, 0.6) is 5.75 Å². The molecule has 2 aliphatic rings. The van der Waals surface area contributed by atoms with Gasteiger partial charge in [-0.05, 0) is 78.6 Å². The summed E-state index contributed by atoms with van der Waals surface area (Å²) >= 11 is 0. The Morgan fingerprint density at radius 3 is 2.65 bits per heavy atom. The zero-order chi connectivity index (χ0) is 27.5. The van der Waals surface area contributed by atoms with Gasteiger partial charge in [0.25, 0.3) is 0 Å². The number of nitrogens with one attached hydrogen (secondary N) is 1. The summed E-state index contributed by atoms with van der Waals surface area (Å²) in [6, 6.07) is 24.8. The van der Waals surface area contributed by atoms with E-state index in [4.69, 9.17) is 4.74 Å². The summed E-state index contributed by atoms with van der Waals surface area (Å²) < 4.78 is 7.61. The highest BCUT2D eigenvalue weighted by molar-refractivity contribution is 5.86. The van der Waals surface area contributed by atoms with E-state index in [0.717, 1.165) is 56.5 Å². The molecule has 4 aromatic rings. The van der Waals surface area contributed by atoms with Gasteiger partial charge in [-0.3, -0.25) is 4.79 Å². The van der Waals surface area contributed by atoms with Crippen LogP contribution in [0.3, 0.4) is 0 Å². The molecular formula is C34H39N3O3. The molecule has 1 aliphatic heterocycles. The topological polar surface area (TPSA) is 66.7 Å². The quantitative estimate of drug-likeness (QED) is 0.246. The second kappa shape index (κ2) is 11.9. The maximum absolute atomic E-state index is 14.3. The lowest BCUT2D eigenvalue weighted by molar-refractivity contribution is -0.138. The van der Waals surface area contributed by atoms with Crippen LogP contribution in [-0.2, 0) is 22.6 Å². The van der Waals surface area contributed by atoms with Gasteiger partial charge in [-0.15, -0.1) is 0 Å². The molecule has 1 aromatic heterocycles. The van der Waals surface area contributed by atoms with E-state index >= 15 is 0 Å². The van der Waals surface area contributed by atoms with E-state index in [1.165, 1.54) is 22.0 Å². The number of carbonyl (C=O) groups is 1. The number of hydrogen-bond donors (Lipinski definition) is 2. The van der Waals surface area contributed by atoms with Crippen molar-refractivity contribution in [1.82, 2.24) is 14.8 Å². The number of aromatic hydroxyl groups is 1. The number of para-hydroxylation sites is 1. The number of piperidine rings is 1. The van der Waals surface area contributed by atoms with Crippen molar-refractivity contribution in [1.29, 1.82) is 0 Å². The summed E-state index contributed by atoms with van der Waals surface area (Å²) in [5.41, 5.74) is 5.85. The van der Waals surface area contributed by atoms with E-state index < -0.39 is 0 Å². The molecule has 1 amide bonds. The molecule has 1 saturated carbocycles. The molecule has 0 bridgehead atoms. The Balaban J connectivity index is 1.26. The summed E-state index contributed by atoms with van der Waals surface area (Å²) in [6.45, 7) is 3.90. The molecule has 0 radical (unpaired) electrons. The molecule has 1 aliphatic carbocycles. The Hall–Kier alpha value is -3.61. The normalized spacial score (nSPS) is 19.1. The minimum absolute atomic E-state index is 0.0977. The third-order valence-electron chi connectivity index (χ3n) is 8.54. The van der Waals surface area contributed by atoms with Crippen molar-refractivity contribution in [3.8, 4) is 16.9 Å². The highest BCUT2D eigenvalue weighted by Gasteiger charge is 2.40. The van der Waals surface area contributed by atoms with Gasteiger partial charge < -0.3 is 24.6 Å². The lowest BCUT2D eigenvalue weighted by atomic mass is 9.79. The highest BCUT2D eigenvalue weighted by atomic mass is 16.5. The number of ether oxygens (including phenoxy) is 1. The van der Waals surface area contributed by atoms with Crippen LogP contribution in [0.25, 0.3) is 22.0 Å². The van der Waals surface area contributed by atoms with E-state index in [1.54, 1.807) is 19.2 Å². The van der Waals surface area contributed by atoms with Crippen LogP contribution < -0.4 is 5.32 Å². The smallest absolute Gasteiger partial charge is 0.228 e. The molecule has 0 unspecified atom stereocenters. The number of aromatic nitrogens is 1. The van der Waals surface area contributed by atoms with Gasteiger partial charge in [0, 0.05) is 56.5 Å². The molecule has 40 heavy (non-hydrogen) atoms. The van der Waals surface area contributed by atoms with Crippen molar-refractivity contribution < 1.29 is 14.6 Å². The van der Waals surface area contributed by atoms with Crippen molar-refractivity contribution in [3.05, 3.63) is 90.1 Å². The van der Waals surface area contributed by atoms with Gasteiger partial charge in [0.15, 0.2) is 0 Å². The summed E-state index contributed by atoms with van der Waals surface area (Å²) in [5.74, 6) is 0.607. The number of phenols is 1.